The Morgan fingerprint density at radius 3 is 2.33 bits per heavy atom. The van der Waals surface area contributed by atoms with E-state index in [0.29, 0.717) is 23.7 Å². The molecule has 0 bridgehead atoms. The van der Waals surface area contributed by atoms with Crippen LogP contribution in [0.4, 0.5) is 11.4 Å². The standard InChI is InChI=1S/C23H24N2O4S/c1-3-29-21-11-7-8-19(16-21)24-23(26)17-25(20-9-5-4-6-10-20)30(27,28)22-14-12-18(2)13-15-22/h4-16H,3,17H2,1-2H3,(H,24,26). The Hall–Kier alpha value is -3.32. The molecule has 0 aromatic heterocycles. The largest absolute Gasteiger partial charge is 0.494 e. The highest BCUT2D eigenvalue weighted by atomic mass is 32.2. The van der Waals surface area contributed by atoms with Crippen LogP contribution in [0, 0.1) is 6.92 Å². The van der Waals surface area contributed by atoms with E-state index < -0.39 is 15.9 Å². The molecule has 0 aliphatic heterocycles. The van der Waals surface area contributed by atoms with Crippen molar-refractivity contribution in [2.24, 2.45) is 0 Å². The van der Waals surface area contributed by atoms with Gasteiger partial charge in [-0.05, 0) is 50.2 Å². The Balaban J connectivity index is 1.87. The molecule has 3 aromatic carbocycles. The van der Waals surface area contributed by atoms with E-state index in [1.165, 1.54) is 0 Å². The minimum Gasteiger partial charge on any atom is -0.494 e. The summed E-state index contributed by atoms with van der Waals surface area (Å²) >= 11 is 0. The van der Waals surface area contributed by atoms with Crippen LogP contribution in [0.1, 0.15) is 12.5 Å². The average molecular weight is 425 g/mol. The summed E-state index contributed by atoms with van der Waals surface area (Å²) in [6.45, 7) is 3.90. The second-order valence-corrected chi connectivity index (χ2v) is 8.53. The summed E-state index contributed by atoms with van der Waals surface area (Å²) in [6.07, 6.45) is 0. The molecule has 0 unspecified atom stereocenters. The van der Waals surface area contributed by atoms with Crippen LogP contribution < -0.4 is 14.4 Å². The quantitative estimate of drug-likeness (QED) is 0.587. The lowest BCUT2D eigenvalue weighted by molar-refractivity contribution is -0.114. The fourth-order valence-corrected chi connectivity index (χ4v) is 4.33. The Morgan fingerprint density at radius 1 is 0.967 bits per heavy atom. The van der Waals surface area contributed by atoms with E-state index in [1.807, 2.05) is 13.8 Å². The van der Waals surface area contributed by atoms with Gasteiger partial charge in [-0.3, -0.25) is 9.10 Å². The van der Waals surface area contributed by atoms with Crippen LogP contribution in [0.5, 0.6) is 5.75 Å². The maximum absolute atomic E-state index is 13.3. The van der Waals surface area contributed by atoms with Gasteiger partial charge in [0.2, 0.25) is 5.91 Å². The molecule has 3 rings (SSSR count). The topological polar surface area (TPSA) is 75.7 Å². The molecule has 0 heterocycles. The van der Waals surface area contributed by atoms with E-state index >= 15 is 0 Å². The number of para-hydroxylation sites is 1. The average Bonchev–Trinajstić information content (AvgIpc) is 2.73. The van der Waals surface area contributed by atoms with Gasteiger partial charge in [0.1, 0.15) is 12.3 Å². The van der Waals surface area contributed by atoms with Gasteiger partial charge >= 0.3 is 0 Å². The molecule has 0 fully saturated rings. The number of hydrogen-bond donors (Lipinski definition) is 1. The number of sulfonamides is 1. The van der Waals surface area contributed by atoms with Crippen LogP contribution in [-0.2, 0) is 14.8 Å². The molecule has 0 spiro atoms. The van der Waals surface area contributed by atoms with E-state index in [-0.39, 0.29) is 11.4 Å². The highest BCUT2D eigenvalue weighted by Gasteiger charge is 2.27. The molecule has 0 atom stereocenters. The summed E-state index contributed by atoms with van der Waals surface area (Å²) in [4.78, 5) is 12.9. The molecule has 30 heavy (non-hydrogen) atoms. The molecular formula is C23H24N2O4S. The van der Waals surface area contributed by atoms with Gasteiger partial charge in [-0.15, -0.1) is 0 Å². The van der Waals surface area contributed by atoms with E-state index in [2.05, 4.69) is 5.32 Å². The molecule has 6 nitrogen and oxygen atoms in total. The van der Waals surface area contributed by atoms with Crippen molar-refractivity contribution in [3.8, 4) is 5.75 Å². The second kappa shape index (κ2) is 9.45. The van der Waals surface area contributed by atoms with Crippen molar-refractivity contribution in [2.75, 3.05) is 22.8 Å². The summed E-state index contributed by atoms with van der Waals surface area (Å²) in [7, 11) is -3.93. The van der Waals surface area contributed by atoms with Gasteiger partial charge in [0.05, 0.1) is 17.2 Å². The molecular weight excluding hydrogens is 400 g/mol. The predicted molar refractivity (Wildman–Crippen MR) is 118 cm³/mol. The number of rotatable bonds is 8. The first-order valence-corrected chi connectivity index (χ1v) is 11.0. The number of anilines is 2. The fourth-order valence-electron chi connectivity index (χ4n) is 2.91. The normalized spacial score (nSPS) is 11.0. The first-order valence-electron chi connectivity index (χ1n) is 9.57. The highest BCUT2D eigenvalue weighted by Crippen LogP contribution is 2.24. The van der Waals surface area contributed by atoms with Crippen molar-refractivity contribution in [1.29, 1.82) is 0 Å². The van der Waals surface area contributed by atoms with Gasteiger partial charge in [0.15, 0.2) is 0 Å². The smallest absolute Gasteiger partial charge is 0.264 e. The number of carbonyl (C=O) groups excluding carboxylic acids is 1. The van der Waals surface area contributed by atoms with E-state index in [4.69, 9.17) is 4.74 Å². The lowest BCUT2D eigenvalue weighted by atomic mass is 10.2. The fraction of sp³-hybridized carbons (Fsp3) is 0.174. The summed E-state index contributed by atoms with van der Waals surface area (Å²) in [5.74, 6) is 0.172. The summed E-state index contributed by atoms with van der Waals surface area (Å²) in [5.41, 5.74) is 1.90. The van der Waals surface area contributed by atoms with Crippen LogP contribution in [-0.4, -0.2) is 27.5 Å². The van der Waals surface area contributed by atoms with Gasteiger partial charge in [-0.1, -0.05) is 42.0 Å². The molecule has 1 N–H and O–H groups in total. The minimum absolute atomic E-state index is 0.128. The number of carbonyl (C=O) groups is 1. The first kappa shape index (κ1) is 21.4. The third kappa shape index (κ3) is 5.18. The van der Waals surface area contributed by atoms with Gasteiger partial charge in [0.25, 0.3) is 10.0 Å². The van der Waals surface area contributed by atoms with E-state index in [9.17, 15) is 13.2 Å². The van der Waals surface area contributed by atoms with Crippen LogP contribution >= 0.6 is 0 Å². The van der Waals surface area contributed by atoms with Crippen LogP contribution in [0.25, 0.3) is 0 Å². The SMILES string of the molecule is CCOc1cccc(NC(=O)CN(c2ccccc2)S(=O)(=O)c2ccc(C)cc2)c1. The Labute approximate surface area is 177 Å². The van der Waals surface area contributed by atoms with E-state index in [1.54, 1.807) is 78.9 Å². The number of ether oxygens (including phenoxy) is 1. The van der Waals surface area contributed by atoms with Crippen molar-refractivity contribution in [2.45, 2.75) is 18.7 Å². The predicted octanol–water partition coefficient (Wildman–Crippen LogP) is 4.23. The summed E-state index contributed by atoms with van der Waals surface area (Å²) < 4.78 is 33.1. The molecule has 7 heteroatoms. The number of amides is 1. The monoisotopic (exact) mass is 424 g/mol. The van der Waals surface area contributed by atoms with Crippen molar-refractivity contribution < 1.29 is 17.9 Å². The van der Waals surface area contributed by atoms with Gasteiger partial charge in [0, 0.05) is 11.8 Å². The Bertz CT molecular complexity index is 1100. The maximum Gasteiger partial charge on any atom is 0.264 e. The zero-order valence-corrected chi connectivity index (χ0v) is 17.7. The minimum atomic E-state index is -3.93. The van der Waals surface area contributed by atoms with Gasteiger partial charge in [-0.2, -0.15) is 0 Å². The molecule has 0 radical (unpaired) electrons. The van der Waals surface area contributed by atoms with Crippen LogP contribution in [0.15, 0.2) is 83.8 Å². The zero-order chi connectivity index (χ0) is 21.6. The molecule has 0 saturated carbocycles. The molecule has 0 aliphatic rings. The third-order valence-corrected chi connectivity index (χ3v) is 6.16. The number of nitrogens with one attached hydrogen (secondary N) is 1. The third-order valence-electron chi connectivity index (χ3n) is 4.37. The maximum atomic E-state index is 13.3. The lowest BCUT2D eigenvalue weighted by Crippen LogP contribution is -2.38. The van der Waals surface area contributed by atoms with Gasteiger partial charge < -0.3 is 10.1 Å². The van der Waals surface area contributed by atoms with Crippen LogP contribution in [0.3, 0.4) is 0 Å². The molecule has 0 aliphatic carbocycles. The van der Waals surface area contributed by atoms with E-state index in [0.717, 1.165) is 9.87 Å². The van der Waals surface area contributed by atoms with Crippen molar-refractivity contribution in [1.82, 2.24) is 0 Å². The number of nitrogens with zero attached hydrogens (tertiary/aromatic N) is 1. The van der Waals surface area contributed by atoms with Crippen molar-refractivity contribution in [3.05, 3.63) is 84.4 Å². The molecule has 0 saturated heterocycles. The first-order chi connectivity index (χ1) is 14.4. The Morgan fingerprint density at radius 2 is 1.67 bits per heavy atom. The molecule has 156 valence electrons. The highest BCUT2D eigenvalue weighted by molar-refractivity contribution is 7.92. The molecule has 3 aromatic rings. The molecule has 1 amide bonds. The van der Waals surface area contributed by atoms with Gasteiger partial charge in [-0.25, -0.2) is 8.42 Å². The number of aryl methyl sites for hydroxylation is 1. The van der Waals surface area contributed by atoms with Crippen molar-refractivity contribution in [3.63, 3.8) is 0 Å². The second-order valence-electron chi connectivity index (χ2n) is 6.67. The van der Waals surface area contributed by atoms with Crippen LogP contribution in [0.2, 0.25) is 0 Å². The number of benzene rings is 3. The summed E-state index contributed by atoms with van der Waals surface area (Å²) in [5, 5.41) is 2.75. The Kier molecular flexibility index (Phi) is 6.74. The lowest BCUT2D eigenvalue weighted by Gasteiger charge is -2.24. The zero-order valence-electron chi connectivity index (χ0n) is 16.9. The van der Waals surface area contributed by atoms with Crippen molar-refractivity contribution >= 4 is 27.3 Å². The summed E-state index contributed by atoms with van der Waals surface area (Å²) in [6, 6.07) is 22.1. The number of hydrogen-bond acceptors (Lipinski definition) is 4.